The number of alkyl halides is 3. The molecule has 1 spiro atoms. The molecule has 2 heterocycles. The van der Waals surface area contributed by atoms with Gasteiger partial charge in [0.05, 0.1) is 24.9 Å². The summed E-state index contributed by atoms with van der Waals surface area (Å²) in [5, 5.41) is 11.3. The minimum Gasteiger partial charge on any atom is -0.493 e. The molecular formula is C23H20F5N3O2. The first kappa shape index (κ1) is 21.8. The third-order valence-electron chi connectivity index (χ3n) is 6.60. The first-order valence-corrected chi connectivity index (χ1v) is 10.3. The molecule has 2 bridgehead atoms. The zero-order valence-electron chi connectivity index (χ0n) is 17.8. The number of halogens is 5. The summed E-state index contributed by atoms with van der Waals surface area (Å²) < 4.78 is 77.5. The van der Waals surface area contributed by atoms with E-state index in [0.717, 1.165) is 23.1 Å². The summed E-state index contributed by atoms with van der Waals surface area (Å²) >= 11 is 0. The highest BCUT2D eigenvalue weighted by Crippen LogP contribution is 2.60. The molecule has 2 aliphatic rings. The number of hydrogen-bond acceptors (Lipinski definition) is 5. The fraction of sp³-hybridized carbons (Fsp3) is 0.391. The SMILES string of the molecule is COc1c(F)cc2cc1C1(CC1)CC(O)(C(F)(F)F)CN2c1cc(F)cc2nc(C)ncc12. The summed E-state index contributed by atoms with van der Waals surface area (Å²) in [5.74, 6) is -1.27. The average molecular weight is 465 g/mol. The van der Waals surface area contributed by atoms with Crippen LogP contribution >= 0.6 is 0 Å². The molecule has 10 heteroatoms. The van der Waals surface area contributed by atoms with E-state index in [2.05, 4.69) is 9.97 Å². The second-order valence-electron chi connectivity index (χ2n) is 8.86. The van der Waals surface area contributed by atoms with Crippen molar-refractivity contribution in [3.63, 3.8) is 0 Å². The fourth-order valence-corrected chi connectivity index (χ4v) is 4.81. The number of aliphatic hydroxyl groups is 1. The maximum atomic E-state index is 15.0. The van der Waals surface area contributed by atoms with E-state index >= 15 is 4.39 Å². The van der Waals surface area contributed by atoms with Crippen molar-refractivity contribution in [3.8, 4) is 5.75 Å². The van der Waals surface area contributed by atoms with E-state index < -0.39 is 41.8 Å². The fourth-order valence-electron chi connectivity index (χ4n) is 4.81. The van der Waals surface area contributed by atoms with Gasteiger partial charge in [-0.1, -0.05) is 0 Å². The summed E-state index contributed by atoms with van der Waals surface area (Å²) in [6.45, 7) is 0.651. The number of hydrogen-bond donors (Lipinski definition) is 1. The smallest absolute Gasteiger partial charge is 0.418 e. The number of fused-ring (bicyclic) bond motifs is 4. The Kier molecular flexibility index (Phi) is 4.62. The van der Waals surface area contributed by atoms with Gasteiger partial charge in [-0.2, -0.15) is 13.2 Å². The van der Waals surface area contributed by atoms with Crippen LogP contribution in [-0.2, 0) is 5.41 Å². The van der Waals surface area contributed by atoms with Gasteiger partial charge in [-0.15, -0.1) is 0 Å². The standard InChI is InChI=1S/C23H20F5N3O2/c1-12-29-9-15-18(30-12)5-13(24)6-19(15)31-11-22(32,23(26,27)28)10-21(3-4-21)16-7-14(31)8-17(25)20(16)33-2/h5-9,32H,3-4,10-11H2,1-2H3. The largest absolute Gasteiger partial charge is 0.493 e. The molecule has 3 aromatic rings. The van der Waals surface area contributed by atoms with Crippen molar-refractivity contribution in [1.82, 2.24) is 9.97 Å². The van der Waals surface area contributed by atoms with Crippen LogP contribution in [0.15, 0.2) is 30.5 Å². The minimum atomic E-state index is -4.99. The Hall–Kier alpha value is -3.01. The number of ether oxygens (including phenoxy) is 1. The van der Waals surface area contributed by atoms with Crippen LogP contribution in [-0.4, -0.2) is 40.5 Å². The first-order valence-electron chi connectivity index (χ1n) is 10.3. The van der Waals surface area contributed by atoms with Gasteiger partial charge in [0.2, 0.25) is 0 Å². The van der Waals surface area contributed by atoms with Crippen molar-refractivity contribution in [2.45, 2.75) is 43.4 Å². The summed E-state index contributed by atoms with van der Waals surface area (Å²) in [6.07, 6.45) is -3.55. The minimum absolute atomic E-state index is 0.00469. The molecule has 1 aliphatic carbocycles. The van der Waals surface area contributed by atoms with Gasteiger partial charge in [0.25, 0.3) is 0 Å². The Morgan fingerprint density at radius 2 is 1.85 bits per heavy atom. The molecule has 1 saturated carbocycles. The van der Waals surface area contributed by atoms with E-state index in [1.54, 1.807) is 13.0 Å². The van der Waals surface area contributed by atoms with E-state index in [1.165, 1.54) is 13.3 Å². The van der Waals surface area contributed by atoms with Crippen LogP contribution < -0.4 is 9.64 Å². The van der Waals surface area contributed by atoms with E-state index in [9.17, 15) is 22.7 Å². The Bertz CT molecular complexity index is 1270. The second kappa shape index (κ2) is 6.99. The number of rotatable bonds is 2. The zero-order valence-corrected chi connectivity index (χ0v) is 17.8. The highest BCUT2D eigenvalue weighted by molar-refractivity contribution is 5.94. The van der Waals surface area contributed by atoms with Crippen LogP contribution in [0.3, 0.4) is 0 Å². The van der Waals surface area contributed by atoms with Crippen LogP contribution in [0, 0.1) is 18.6 Å². The lowest BCUT2D eigenvalue weighted by Crippen LogP contribution is -2.55. The van der Waals surface area contributed by atoms with Crippen LogP contribution in [0.2, 0.25) is 0 Å². The van der Waals surface area contributed by atoms with Crippen LogP contribution in [0.5, 0.6) is 5.75 Å². The number of β-amino-alcohol motifs (C(OH)–C–C–N with tert-alkyl or cyclic N) is 1. The topological polar surface area (TPSA) is 58.5 Å². The van der Waals surface area contributed by atoms with Crippen molar-refractivity contribution >= 4 is 22.3 Å². The van der Waals surface area contributed by atoms with Gasteiger partial charge in [0, 0.05) is 40.4 Å². The Morgan fingerprint density at radius 3 is 2.48 bits per heavy atom. The number of anilines is 2. The van der Waals surface area contributed by atoms with Gasteiger partial charge >= 0.3 is 6.18 Å². The summed E-state index contributed by atoms with van der Waals surface area (Å²) in [5.41, 5.74) is -3.70. The molecular weight excluding hydrogens is 445 g/mol. The normalized spacial score (nSPS) is 21.8. The van der Waals surface area contributed by atoms with E-state index in [0.29, 0.717) is 18.7 Å². The van der Waals surface area contributed by atoms with Gasteiger partial charge < -0.3 is 14.7 Å². The number of aromatic nitrogens is 2. The molecule has 174 valence electrons. The molecule has 0 saturated heterocycles. The molecule has 1 unspecified atom stereocenters. The molecule has 2 aromatic carbocycles. The lowest BCUT2D eigenvalue weighted by Gasteiger charge is -2.41. The quantitative estimate of drug-likeness (QED) is 0.535. The van der Waals surface area contributed by atoms with Crippen molar-refractivity contribution in [1.29, 1.82) is 0 Å². The van der Waals surface area contributed by atoms with Crippen LogP contribution in [0.4, 0.5) is 33.3 Å². The van der Waals surface area contributed by atoms with Gasteiger partial charge in [-0.25, -0.2) is 18.7 Å². The van der Waals surface area contributed by atoms with Gasteiger partial charge in [0.1, 0.15) is 11.6 Å². The van der Waals surface area contributed by atoms with Crippen LogP contribution in [0.1, 0.15) is 30.7 Å². The molecule has 1 fully saturated rings. The molecule has 1 atom stereocenters. The van der Waals surface area contributed by atoms with Crippen molar-refractivity contribution in [2.24, 2.45) is 0 Å². The van der Waals surface area contributed by atoms with E-state index in [4.69, 9.17) is 4.74 Å². The van der Waals surface area contributed by atoms with Crippen LogP contribution in [0.25, 0.3) is 10.9 Å². The average Bonchev–Trinajstić information content (AvgIpc) is 3.49. The van der Waals surface area contributed by atoms with Gasteiger partial charge in [0.15, 0.2) is 17.2 Å². The summed E-state index contributed by atoms with van der Waals surface area (Å²) in [7, 11) is 1.25. The highest BCUT2D eigenvalue weighted by atomic mass is 19.4. The Balaban J connectivity index is 1.81. The first-order chi connectivity index (χ1) is 15.5. The third-order valence-corrected chi connectivity index (χ3v) is 6.60. The number of methoxy groups -OCH3 is 1. The monoisotopic (exact) mass is 465 g/mol. The highest BCUT2D eigenvalue weighted by Gasteiger charge is 2.62. The Morgan fingerprint density at radius 1 is 1.12 bits per heavy atom. The third kappa shape index (κ3) is 3.38. The van der Waals surface area contributed by atoms with Crippen molar-refractivity contribution in [2.75, 3.05) is 18.6 Å². The maximum absolute atomic E-state index is 15.0. The molecule has 5 rings (SSSR count). The molecule has 1 aliphatic heterocycles. The Labute approximate surface area is 185 Å². The molecule has 5 nitrogen and oxygen atoms in total. The molecule has 1 aromatic heterocycles. The van der Waals surface area contributed by atoms with E-state index in [-0.39, 0.29) is 33.6 Å². The lowest BCUT2D eigenvalue weighted by atomic mass is 9.80. The lowest BCUT2D eigenvalue weighted by molar-refractivity contribution is -0.260. The number of benzene rings is 2. The second-order valence-corrected chi connectivity index (χ2v) is 8.86. The van der Waals surface area contributed by atoms with Crippen molar-refractivity contribution < 1.29 is 31.8 Å². The summed E-state index contributed by atoms with van der Waals surface area (Å²) in [4.78, 5) is 9.34. The van der Waals surface area contributed by atoms with Crippen molar-refractivity contribution in [3.05, 3.63) is 53.5 Å². The number of aryl methyl sites for hydroxylation is 1. The van der Waals surface area contributed by atoms with Gasteiger partial charge in [-0.3, -0.25) is 0 Å². The van der Waals surface area contributed by atoms with E-state index in [1.807, 2.05) is 0 Å². The molecule has 0 radical (unpaired) electrons. The molecule has 1 N–H and O–H groups in total. The number of nitrogens with zero attached hydrogens (tertiary/aromatic N) is 3. The molecule has 0 amide bonds. The predicted octanol–water partition coefficient (Wildman–Crippen LogP) is 5.09. The summed E-state index contributed by atoms with van der Waals surface area (Å²) in [6, 6.07) is 4.78. The maximum Gasteiger partial charge on any atom is 0.418 e. The predicted molar refractivity (Wildman–Crippen MR) is 111 cm³/mol. The van der Waals surface area contributed by atoms with Gasteiger partial charge in [-0.05, 0) is 38.3 Å². The zero-order chi connectivity index (χ0) is 23.8. The molecule has 33 heavy (non-hydrogen) atoms.